The first-order valence-electron chi connectivity index (χ1n) is 10.8. The van der Waals surface area contributed by atoms with Gasteiger partial charge in [-0.2, -0.15) is 0 Å². The highest BCUT2D eigenvalue weighted by atomic mass is 35.5. The lowest BCUT2D eigenvalue weighted by Gasteiger charge is -2.38. The lowest BCUT2D eigenvalue weighted by molar-refractivity contribution is -0.187. The molecule has 1 unspecified atom stereocenters. The van der Waals surface area contributed by atoms with Crippen LogP contribution in [0.5, 0.6) is 5.75 Å². The smallest absolute Gasteiger partial charge is 0.259 e. The third-order valence-corrected chi connectivity index (χ3v) is 6.78. The van der Waals surface area contributed by atoms with Gasteiger partial charge in [-0.15, -0.1) is 0 Å². The lowest BCUT2D eigenvalue weighted by Crippen LogP contribution is -2.48. The molecule has 32 heavy (non-hydrogen) atoms. The minimum absolute atomic E-state index is 0.00184. The summed E-state index contributed by atoms with van der Waals surface area (Å²) in [5, 5.41) is 0.543. The monoisotopic (exact) mass is 456 g/mol. The van der Waals surface area contributed by atoms with Gasteiger partial charge >= 0.3 is 0 Å². The van der Waals surface area contributed by atoms with E-state index in [4.69, 9.17) is 25.8 Å². The molecule has 0 N–H and O–H groups in total. The third-order valence-electron chi connectivity index (χ3n) is 6.54. The first-order valence-corrected chi connectivity index (χ1v) is 11.2. The van der Waals surface area contributed by atoms with Crippen molar-refractivity contribution in [2.24, 2.45) is 0 Å². The predicted molar refractivity (Wildman–Crippen MR) is 119 cm³/mol. The maximum atomic E-state index is 13.3. The topological polar surface area (TPSA) is 68.3 Å². The zero-order chi connectivity index (χ0) is 22.3. The summed E-state index contributed by atoms with van der Waals surface area (Å²) in [6.45, 7) is 2.36. The standard InChI is InChI=1S/C24H25ClN2O5/c1-30-18-5-3-17(4-6-18)27-21(20-14-16(25)2-7-19(20)23(27)29)15-22(28)26-10-8-24(9-11-26)31-12-13-32-24/h2-7,14,21H,8-13,15H2,1H3. The fourth-order valence-corrected chi connectivity index (χ4v) is 5.01. The molecule has 5 rings (SSSR count). The van der Waals surface area contributed by atoms with Crippen LogP contribution in [0.4, 0.5) is 5.69 Å². The number of rotatable bonds is 4. The van der Waals surface area contributed by atoms with E-state index in [1.807, 2.05) is 29.2 Å². The van der Waals surface area contributed by atoms with Crippen LogP contribution in [0.15, 0.2) is 42.5 Å². The normalized spacial score (nSPS) is 21.8. The van der Waals surface area contributed by atoms with Crippen molar-refractivity contribution in [2.75, 3.05) is 38.3 Å². The number of hydrogen-bond donors (Lipinski definition) is 0. The minimum Gasteiger partial charge on any atom is -0.497 e. The van der Waals surface area contributed by atoms with Gasteiger partial charge in [0.1, 0.15) is 5.75 Å². The van der Waals surface area contributed by atoms with Crippen molar-refractivity contribution in [3.05, 3.63) is 58.6 Å². The van der Waals surface area contributed by atoms with Crippen LogP contribution in [0.1, 0.15) is 41.2 Å². The quantitative estimate of drug-likeness (QED) is 0.700. The number of hydrogen-bond acceptors (Lipinski definition) is 5. The summed E-state index contributed by atoms with van der Waals surface area (Å²) in [5.74, 6) is 0.0363. The second-order valence-corrected chi connectivity index (χ2v) is 8.75. The van der Waals surface area contributed by atoms with Gasteiger partial charge in [0.15, 0.2) is 5.79 Å². The Bertz CT molecular complexity index is 1030. The number of piperidine rings is 1. The van der Waals surface area contributed by atoms with Crippen LogP contribution in [0.3, 0.4) is 0 Å². The fraction of sp³-hybridized carbons (Fsp3) is 0.417. The number of likely N-dealkylation sites (tertiary alicyclic amines) is 1. The van der Waals surface area contributed by atoms with Crippen LogP contribution in [-0.4, -0.2) is 55.9 Å². The van der Waals surface area contributed by atoms with E-state index in [2.05, 4.69) is 0 Å². The number of anilines is 1. The Hall–Kier alpha value is -2.61. The second kappa shape index (κ2) is 8.39. The Morgan fingerprint density at radius 3 is 2.47 bits per heavy atom. The van der Waals surface area contributed by atoms with Gasteiger partial charge in [0, 0.05) is 42.2 Å². The van der Waals surface area contributed by atoms with E-state index in [1.165, 1.54) is 0 Å². The Morgan fingerprint density at radius 1 is 1.12 bits per heavy atom. The molecule has 2 aromatic carbocycles. The molecule has 1 spiro atoms. The molecule has 2 fully saturated rings. The summed E-state index contributed by atoms with van der Waals surface area (Å²) < 4.78 is 16.8. The number of fused-ring (bicyclic) bond motifs is 1. The van der Waals surface area contributed by atoms with Gasteiger partial charge in [0.25, 0.3) is 5.91 Å². The van der Waals surface area contributed by atoms with Gasteiger partial charge in [0.2, 0.25) is 5.91 Å². The molecule has 0 saturated carbocycles. The molecule has 0 aromatic heterocycles. The second-order valence-electron chi connectivity index (χ2n) is 8.31. The first kappa shape index (κ1) is 21.2. The molecule has 0 radical (unpaired) electrons. The van der Waals surface area contributed by atoms with E-state index in [9.17, 15) is 9.59 Å². The van der Waals surface area contributed by atoms with Crippen molar-refractivity contribution < 1.29 is 23.8 Å². The van der Waals surface area contributed by atoms with Gasteiger partial charge in [0.05, 0.1) is 32.8 Å². The Labute approximate surface area is 191 Å². The zero-order valence-corrected chi connectivity index (χ0v) is 18.6. The van der Waals surface area contributed by atoms with Crippen LogP contribution in [0.25, 0.3) is 0 Å². The van der Waals surface area contributed by atoms with Crippen LogP contribution in [-0.2, 0) is 14.3 Å². The summed E-state index contributed by atoms with van der Waals surface area (Å²) in [5.41, 5.74) is 2.07. The molecule has 3 aliphatic rings. The lowest BCUT2D eigenvalue weighted by atomic mass is 9.99. The highest BCUT2D eigenvalue weighted by Crippen LogP contribution is 2.41. The van der Waals surface area contributed by atoms with Gasteiger partial charge < -0.3 is 24.0 Å². The minimum atomic E-state index is -0.532. The number of carbonyl (C=O) groups is 2. The Balaban J connectivity index is 1.39. The average Bonchev–Trinajstić information content (AvgIpc) is 3.37. The highest BCUT2D eigenvalue weighted by molar-refractivity contribution is 6.31. The molecule has 0 aliphatic carbocycles. The van der Waals surface area contributed by atoms with Gasteiger partial charge in [-0.05, 0) is 48.0 Å². The number of benzene rings is 2. The summed E-state index contributed by atoms with van der Waals surface area (Å²) >= 11 is 6.25. The van der Waals surface area contributed by atoms with E-state index in [0.717, 1.165) is 5.56 Å². The number of carbonyl (C=O) groups excluding carboxylic acids is 2. The number of methoxy groups -OCH3 is 1. The van der Waals surface area contributed by atoms with Crippen molar-refractivity contribution in [3.8, 4) is 5.75 Å². The molecule has 3 heterocycles. The maximum absolute atomic E-state index is 13.3. The van der Waals surface area contributed by atoms with Crippen molar-refractivity contribution in [2.45, 2.75) is 31.1 Å². The molecule has 1 atom stereocenters. The van der Waals surface area contributed by atoms with E-state index in [0.29, 0.717) is 61.2 Å². The first-order chi connectivity index (χ1) is 15.5. The molecule has 2 aromatic rings. The molecule has 2 saturated heterocycles. The molecular formula is C24H25ClN2O5. The summed E-state index contributed by atoms with van der Waals surface area (Å²) in [6.07, 6.45) is 1.50. The molecule has 8 heteroatoms. The summed E-state index contributed by atoms with van der Waals surface area (Å²) in [6, 6.07) is 12.1. The van der Waals surface area contributed by atoms with Gasteiger partial charge in [-0.1, -0.05) is 11.6 Å². The van der Waals surface area contributed by atoms with Crippen molar-refractivity contribution in [1.82, 2.24) is 4.90 Å². The number of halogens is 1. The predicted octanol–water partition coefficient (Wildman–Crippen LogP) is 3.81. The van der Waals surface area contributed by atoms with Crippen molar-refractivity contribution >= 4 is 29.1 Å². The van der Waals surface area contributed by atoms with Crippen LogP contribution < -0.4 is 9.64 Å². The van der Waals surface area contributed by atoms with Crippen molar-refractivity contribution in [1.29, 1.82) is 0 Å². The van der Waals surface area contributed by atoms with E-state index >= 15 is 0 Å². The SMILES string of the molecule is COc1ccc(N2C(=O)c3ccc(Cl)cc3C2CC(=O)N2CCC3(CC2)OCCO3)cc1. The number of ether oxygens (including phenoxy) is 3. The molecular weight excluding hydrogens is 432 g/mol. The molecule has 7 nitrogen and oxygen atoms in total. The molecule has 3 aliphatic heterocycles. The fourth-order valence-electron chi connectivity index (χ4n) is 4.83. The Morgan fingerprint density at radius 2 is 1.81 bits per heavy atom. The van der Waals surface area contributed by atoms with Crippen molar-refractivity contribution in [3.63, 3.8) is 0 Å². The Kier molecular flexibility index (Phi) is 5.57. The van der Waals surface area contributed by atoms with Gasteiger partial charge in [-0.3, -0.25) is 9.59 Å². The van der Waals surface area contributed by atoms with E-state index in [1.54, 1.807) is 30.2 Å². The van der Waals surface area contributed by atoms with Crippen LogP contribution >= 0.6 is 11.6 Å². The molecule has 168 valence electrons. The largest absolute Gasteiger partial charge is 0.497 e. The van der Waals surface area contributed by atoms with Gasteiger partial charge in [-0.25, -0.2) is 0 Å². The molecule has 2 amide bonds. The molecule has 0 bridgehead atoms. The summed E-state index contributed by atoms with van der Waals surface area (Å²) in [4.78, 5) is 30.1. The number of nitrogens with zero attached hydrogens (tertiary/aromatic N) is 2. The highest BCUT2D eigenvalue weighted by Gasteiger charge is 2.43. The van der Waals surface area contributed by atoms with Crippen LogP contribution in [0.2, 0.25) is 5.02 Å². The summed E-state index contributed by atoms with van der Waals surface area (Å²) in [7, 11) is 1.60. The zero-order valence-electron chi connectivity index (χ0n) is 17.9. The number of amides is 2. The third kappa shape index (κ3) is 3.74. The van der Waals surface area contributed by atoms with E-state index < -0.39 is 11.8 Å². The van der Waals surface area contributed by atoms with Crippen LogP contribution in [0, 0.1) is 0 Å². The maximum Gasteiger partial charge on any atom is 0.259 e. The van der Waals surface area contributed by atoms with E-state index in [-0.39, 0.29) is 18.2 Å². The average molecular weight is 457 g/mol.